The quantitative estimate of drug-likeness (QED) is 0.814. The SMILES string of the molecule is CCOc1ccc(CNCc2cnn(CCF)c2)cc1.Cl. The second-order valence-electron chi connectivity index (χ2n) is 4.48. The Morgan fingerprint density at radius 1 is 1.19 bits per heavy atom. The maximum Gasteiger partial charge on any atom is 0.119 e. The highest BCUT2D eigenvalue weighted by Crippen LogP contribution is 2.12. The van der Waals surface area contributed by atoms with E-state index in [1.165, 1.54) is 5.56 Å². The van der Waals surface area contributed by atoms with Gasteiger partial charge in [-0.15, -0.1) is 12.4 Å². The number of benzene rings is 1. The molecule has 0 saturated heterocycles. The topological polar surface area (TPSA) is 39.1 Å². The molecule has 4 nitrogen and oxygen atoms in total. The van der Waals surface area contributed by atoms with E-state index < -0.39 is 0 Å². The van der Waals surface area contributed by atoms with E-state index in [4.69, 9.17) is 4.74 Å². The molecule has 6 heteroatoms. The Kier molecular flexibility index (Phi) is 7.79. The molecule has 0 radical (unpaired) electrons. The van der Waals surface area contributed by atoms with E-state index in [1.54, 1.807) is 10.9 Å². The van der Waals surface area contributed by atoms with E-state index in [-0.39, 0.29) is 19.1 Å². The Morgan fingerprint density at radius 3 is 2.57 bits per heavy atom. The summed E-state index contributed by atoms with van der Waals surface area (Å²) in [4.78, 5) is 0. The molecular formula is C15H21ClFN3O. The minimum absolute atomic E-state index is 0. The first kappa shape index (κ1) is 17.5. The van der Waals surface area contributed by atoms with Gasteiger partial charge in [0.1, 0.15) is 12.4 Å². The molecule has 0 aliphatic rings. The number of nitrogens with one attached hydrogen (secondary N) is 1. The third-order valence-corrected chi connectivity index (χ3v) is 2.89. The van der Waals surface area contributed by atoms with Crippen molar-refractivity contribution in [3.8, 4) is 5.75 Å². The fourth-order valence-electron chi connectivity index (χ4n) is 1.93. The highest BCUT2D eigenvalue weighted by atomic mass is 35.5. The first-order valence-corrected chi connectivity index (χ1v) is 6.81. The van der Waals surface area contributed by atoms with Crippen LogP contribution in [0.25, 0.3) is 0 Å². The fraction of sp³-hybridized carbons (Fsp3) is 0.400. The lowest BCUT2D eigenvalue weighted by Gasteiger charge is -2.06. The van der Waals surface area contributed by atoms with Crippen LogP contribution in [0.3, 0.4) is 0 Å². The van der Waals surface area contributed by atoms with Crippen LogP contribution in [0, 0.1) is 0 Å². The third-order valence-electron chi connectivity index (χ3n) is 2.89. The number of rotatable bonds is 8. The molecule has 1 aromatic carbocycles. The molecule has 1 aromatic heterocycles. The van der Waals surface area contributed by atoms with Gasteiger partial charge in [0, 0.05) is 24.8 Å². The van der Waals surface area contributed by atoms with Crippen molar-refractivity contribution in [1.82, 2.24) is 15.1 Å². The zero-order chi connectivity index (χ0) is 14.2. The first-order valence-electron chi connectivity index (χ1n) is 6.81. The summed E-state index contributed by atoms with van der Waals surface area (Å²) >= 11 is 0. The number of alkyl halides is 1. The fourth-order valence-corrected chi connectivity index (χ4v) is 1.93. The van der Waals surface area contributed by atoms with Crippen LogP contribution in [-0.4, -0.2) is 23.1 Å². The third kappa shape index (κ3) is 5.73. The molecule has 0 saturated carbocycles. The predicted octanol–water partition coefficient (Wildman–Crippen LogP) is 2.96. The molecule has 21 heavy (non-hydrogen) atoms. The molecule has 0 unspecified atom stereocenters. The van der Waals surface area contributed by atoms with Gasteiger partial charge in [-0.3, -0.25) is 4.68 Å². The standard InChI is InChI=1S/C15H20FN3O.ClH/c1-2-20-15-5-3-13(4-6-15)9-17-10-14-11-18-19(12-14)8-7-16;/h3-6,11-12,17H,2,7-10H2,1H3;1H. The zero-order valence-electron chi connectivity index (χ0n) is 12.1. The van der Waals surface area contributed by atoms with Gasteiger partial charge in [-0.2, -0.15) is 5.10 Å². The van der Waals surface area contributed by atoms with Crippen molar-refractivity contribution in [3.05, 3.63) is 47.8 Å². The van der Waals surface area contributed by atoms with Gasteiger partial charge >= 0.3 is 0 Å². The summed E-state index contributed by atoms with van der Waals surface area (Å²) in [5, 5.41) is 7.42. The summed E-state index contributed by atoms with van der Waals surface area (Å²) in [5.41, 5.74) is 2.26. The summed E-state index contributed by atoms with van der Waals surface area (Å²) in [5.74, 6) is 0.892. The smallest absolute Gasteiger partial charge is 0.119 e. The average molecular weight is 314 g/mol. The summed E-state index contributed by atoms with van der Waals surface area (Å²) in [6.07, 6.45) is 3.63. The van der Waals surface area contributed by atoms with Crippen LogP contribution in [0.2, 0.25) is 0 Å². The molecule has 116 valence electrons. The first-order chi connectivity index (χ1) is 9.81. The van der Waals surface area contributed by atoms with Crippen LogP contribution in [0.1, 0.15) is 18.1 Å². The molecule has 0 spiro atoms. The van der Waals surface area contributed by atoms with E-state index in [1.807, 2.05) is 37.4 Å². The number of halogens is 2. The Bertz CT molecular complexity index is 516. The van der Waals surface area contributed by atoms with Gasteiger partial charge in [-0.25, -0.2) is 4.39 Å². The van der Waals surface area contributed by atoms with E-state index in [9.17, 15) is 4.39 Å². The number of hydrogen-bond donors (Lipinski definition) is 1. The van der Waals surface area contributed by atoms with Crippen molar-refractivity contribution in [2.24, 2.45) is 0 Å². The molecule has 0 atom stereocenters. The maximum absolute atomic E-state index is 12.2. The highest BCUT2D eigenvalue weighted by Gasteiger charge is 1.99. The van der Waals surface area contributed by atoms with Crippen LogP contribution >= 0.6 is 12.4 Å². The lowest BCUT2D eigenvalue weighted by atomic mass is 10.2. The van der Waals surface area contributed by atoms with Crippen molar-refractivity contribution in [2.45, 2.75) is 26.6 Å². The van der Waals surface area contributed by atoms with Crippen LogP contribution < -0.4 is 10.1 Å². The van der Waals surface area contributed by atoms with Gasteiger partial charge in [-0.1, -0.05) is 12.1 Å². The minimum Gasteiger partial charge on any atom is -0.494 e. The van der Waals surface area contributed by atoms with Crippen molar-refractivity contribution in [3.63, 3.8) is 0 Å². The Balaban J connectivity index is 0.00000220. The molecule has 0 aliphatic heterocycles. The molecule has 1 heterocycles. The van der Waals surface area contributed by atoms with Gasteiger partial charge in [0.25, 0.3) is 0 Å². The molecule has 0 amide bonds. The molecule has 0 fully saturated rings. The molecule has 2 aromatic rings. The number of nitrogens with zero attached hydrogens (tertiary/aromatic N) is 2. The van der Waals surface area contributed by atoms with Crippen LogP contribution in [0.15, 0.2) is 36.7 Å². The van der Waals surface area contributed by atoms with Gasteiger partial charge in [0.05, 0.1) is 19.3 Å². The number of hydrogen-bond acceptors (Lipinski definition) is 3. The van der Waals surface area contributed by atoms with Crippen LogP contribution in [0.4, 0.5) is 4.39 Å². The van der Waals surface area contributed by atoms with Crippen molar-refractivity contribution in [1.29, 1.82) is 0 Å². The summed E-state index contributed by atoms with van der Waals surface area (Å²) in [6.45, 7) is 4.08. The second kappa shape index (κ2) is 9.37. The molecule has 0 aliphatic carbocycles. The van der Waals surface area contributed by atoms with Crippen molar-refractivity contribution < 1.29 is 9.13 Å². The van der Waals surface area contributed by atoms with Crippen LogP contribution in [0.5, 0.6) is 5.75 Å². The lowest BCUT2D eigenvalue weighted by Crippen LogP contribution is -2.12. The number of ether oxygens (including phenoxy) is 1. The Hall–Kier alpha value is -1.59. The van der Waals surface area contributed by atoms with Gasteiger partial charge in [-0.05, 0) is 24.6 Å². The number of aryl methyl sites for hydroxylation is 1. The van der Waals surface area contributed by atoms with Crippen molar-refractivity contribution in [2.75, 3.05) is 13.3 Å². The Labute approximate surface area is 130 Å². The summed E-state index contributed by atoms with van der Waals surface area (Å²) in [7, 11) is 0. The highest BCUT2D eigenvalue weighted by molar-refractivity contribution is 5.85. The van der Waals surface area contributed by atoms with E-state index in [2.05, 4.69) is 10.4 Å². The van der Waals surface area contributed by atoms with E-state index >= 15 is 0 Å². The summed E-state index contributed by atoms with van der Waals surface area (Å²) in [6, 6.07) is 8.04. The normalized spacial score (nSPS) is 10.2. The lowest BCUT2D eigenvalue weighted by molar-refractivity contribution is 0.340. The molecule has 2 rings (SSSR count). The molecule has 0 bridgehead atoms. The largest absolute Gasteiger partial charge is 0.494 e. The maximum atomic E-state index is 12.2. The number of aromatic nitrogens is 2. The monoisotopic (exact) mass is 313 g/mol. The zero-order valence-corrected chi connectivity index (χ0v) is 12.9. The van der Waals surface area contributed by atoms with Gasteiger partial charge < -0.3 is 10.1 Å². The minimum atomic E-state index is -0.388. The van der Waals surface area contributed by atoms with E-state index in [0.29, 0.717) is 13.2 Å². The molecule has 1 N–H and O–H groups in total. The van der Waals surface area contributed by atoms with Gasteiger partial charge in [0.15, 0.2) is 0 Å². The van der Waals surface area contributed by atoms with E-state index in [0.717, 1.165) is 24.4 Å². The summed E-state index contributed by atoms with van der Waals surface area (Å²) < 4.78 is 19.2. The Morgan fingerprint density at radius 2 is 1.90 bits per heavy atom. The van der Waals surface area contributed by atoms with Crippen LogP contribution in [-0.2, 0) is 19.6 Å². The second-order valence-corrected chi connectivity index (χ2v) is 4.48. The average Bonchev–Trinajstić information content (AvgIpc) is 2.89. The van der Waals surface area contributed by atoms with Crippen molar-refractivity contribution >= 4 is 12.4 Å². The van der Waals surface area contributed by atoms with Gasteiger partial charge in [0.2, 0.25) is 0 Å². The predicted molar refractivity (Wildman–Crippen MR) is 83.6 cm³/mol. The molecular weight excluding hydrogens is 293 g/mol.